The molecule has 104 valence electrons. The van der Waals surface area contributed by atoms with Crippen LogP contribution in [-0.4, -0.2) is 24.9 Å². The zero-order valence-corrected chi connectivity index (χ0v) is 12.6. The van der Waals surface area contributed by atoms with Gasteiger partial charge < -0.3 is 10.6 Å². The number of unbranched alkanes of at least 4 members (excludes halogenated alkanes) is 1. The molecule has 19 heavy (non-hydrogen) atoms. The van der Waals surface area contributed by atoms with E-state index in [0.717, 1.165) is 17.3 Å². The lowest BCUT2D eigenvalue weighted by Gasteiger charge is -2.06. The lowest BCUT2D eigenvalue weighted by Crippen LogP contribution is -2.31. The molecule has 0 radical (unpaired) electrons. The molecular weight excluding hydrogens is 308 g/mol. The summed E-state index contributed by atoms with van der Waals surface area (Å²) in [5.74, 6) is -0.182. The van der Waals surface area contributed by atoms with Gasteiger partial charge in [-0.2, -0.15) is 0 Å². The van der Waals surface area contributed by atoms with Gasteiger partial charge in [0, 0.05) is 29.5 Å². The number of benzene rings is 1. The molecule has 5 heteroatoms. The van der Waals surface area contributed by atoms with Gasteiger partial charge in [-0.25, -0.2) is 0 Å². The normalized spacial score (nSPS) is 10.0. The van der Waals surface area contributed by atoms with Gasteiger partial charge >= 0.3 is 0 Å². The third kappa shape index (κ3) is 6.38. The van der Waals surface area contributed by atoms with Crippen molar-refractivity contribution in [3.63, 3.8) is 0 Å². The van der Waals surface area contributed by atoms with Crippen molar-refractivity contribution in [2.45, 2.75) is 26.2 Å². The molecule has 4 nitrogen and oxygen atoms in total. The molecule has 0 unspecified atom stereocenters. The minimum atomic E-state index is -0.158. The Morgan fingerprint density at radius 2 is 1.79 bits per heavy atom. The van der Waals surface area contributed by atoms with Gasteiger partial charge in [-0.05, 0) is 30.7 Å². The molecule has 0 saturated heterocycles. The Kier molecular flexibility index (Phi) is 7.18. The van der Waals surface area contributed by atoms with Gasteiger partial charge in [0.05, 0.1) is 0 Å². The molecule has 0 aromatic heterocycles. The van der Waals surface area contributed by atoms with Gasteiger partial charge in [-0.3, -0.25) is 9.59 Å². The first-order chi connectivity index (χ1) is 9.13. The fourth-order valence-electron chi connectivity index (χ4n) is 1.49. The first-order valence-electron chi connectivity index (χ1n) is 6.44. The van der Waals surface area contributed by atoms with Gasteiger partial charge in [-0.1, -0.05) is 29.3 Å². The van der Waals surface area contributed by atoms with E-state index < -0.39 is 0 Å². The monoisotopic (exact) mass is 326 g/mol. The molecule has 0 aliphatic carbocycles. The van der Waals surface area contributed by atoms with Crippen LogP contribution in [0.1, 0.15) is 36.5 Å². The summed E-state index contributed by atoms with van der Waals surface area (Å²) < 4.78 is 0.930. The second-order valence-corrected chi connectivity index (χ2v) is 5.13. The van der Waals surface area contributed by atoms with E-state index in [-0.39, 0.29) is 11.8 Å². The summed E-state index contributed by atoms with van der Waals surface area (Å²) in [6, 6.07) is 7.10. The fraction of sp³-hybridized carbons (Fsp3) is 0.429. The van der Waals surface area contributed by atoms with E-state index in [1.54, 1.807) is 12.1 Å². The van der Waals surface area contributed by atoms with Crippen LogP contribution in [0.5, 0.6) is 0 Å². The highest BCUT2D eigenvalue weighted by Crippen LogP contribution is 2.10. The van der Waals surface area contributed by atoms with Crippen molar-refractivity contribution in [3.05, 3.63) is 34.3 Å². The molecule has 0 aliphatic heterocycles. The zero-order chi connectivity index (χ0) is 14.1. The Bertz CT molecular complexity index is 418. The molecule has 1 aromatic carbocycles. The molecule has 0 atom stereocenters. The van der Waals surface area contributed by atoms with Crippen molar-refractivity contribution >= 4 is 27.7 Å². The number of amides is 2. The summed E-state index contributed by atoms with van der Waals surface area (Å²) >= 11 is 3.31. The van der Waals surface area contributed by atoms with Gasteiger partial charge in [-0.15, -0.1) is 0 Å². The van der Waals surface area contributed by atoms with Gasteiger partial charge in [0.15, 0.2) is 0 Å². The van der Waals surface area contributed by atoms with Gasteiger partial charge in [0.25, 0.3) is 5.91 Å². The Balaban J connectivity index is 2.23. The summed E-state index contributed by atoms with van der Waals surface area (Å²) in [4.78, 5) is 23.2. The van der Waals surface area contributed by atoms with Crippen molar-refractivity contribution in [1.82, 2.24) is 10.6 Å². The first kappa shape index (κ1) is 15.7. The van der Waals surface area contributed by atoms with Crippen molar-refractivity contribution in [2.24, 2.45) is 0 Å². The number of halogens is 1. The highest BCUT2D eigenvalue weighted by Gasteiger charge is 2.06. The quantitative estimate of drug-likeness (QED) is 0.756. The van der Waals surface area contributed by atoms with Crippen molar-refractivity contribution < 1.29 is 9.59 Å². The van der Waals surface area contributed by atoms with E-state index in [1.165, 1.54) is 0 Å². The van der Waals surface area contributed by atoms with Crippen LogP contribution in [0.4, 0.5) is 0 Å². The Hall–Kier alpha value is -1.36. The van der Waals surface area contributed by atoms with Crippen molar-refractivity contribution in [3.8, 4) is 0 Å². The van der Waals surface area contributed by atoms with Crippen LogP contribution in [-0.2, 0) is 4.79 Å². The van der Waals surface area contributed by atoms with E-state index in [0.29, 0.717) is 25.1 Å². The predicted molar refractivity (Wildman–Crippen MR) is 79.0 cm³/mol. The van der Waals surface area contributed by atoms with Gasteiger partial charge in [0.1, 0.15) is 0 Å². The van der Waals surface area contributed by atoms with Crippen molar-refractivity contribution in [1.29, 1.82) is 0 Å². The number of hydrogen-bond donors (Lipinski definition) is 2. The maximum atomic E-state index is 11.7. The van der Waals surface area contributed by atoms with Crippen LogP contribution in [0, 0.1) is 0 Å². The summed E-state index contributed by atoms with van der Waals surface area (Å²) in [7, 11) is 0. The molecule has 0 spiro atoms. The summed E-state index contributed by atoms with van der Waals surface area (Å²) in [6.45, 7) is 3.13. The molecule has 1 rings (SSSR count). The van der Waals surface area contributed by atoms with Crippen molar-refractivity contribution in [2.75, 3.05) is 13.1 Å². The number of carbonyl (C=O) groups is 2. The van der Waals surface area contributed by atoms with Crippen LogP contribution in [0.25, 0.3) is 0 Å². The maximum absolute atomic E-state index is 11.7. The predicted octanol–water partition coefficient (Wildman–Crippen LogP) is 2.49. The SMILES string of the molecule is CCCCNC(=O)CCNC(=O)c1ccc(Br)cc1. The standard InChI is InChI=1S/C14H19BrN2O2/c1-2-3-9-16-13(18)8-10-17-14(19)11-4-6-12(15)7-5-11/h4-7H,2-3,8-10H2,1H3,(H,16,18)(H,17,19). The molecule has 0 aliphatic rings. The number of rotatable bonds is 7. The largest absolute Gasteiger partial charge is 0.356 e. The zero-order valence-electron chi connectivity index (χ0n) is 11.0. The van der Waals surface area contributed by atoms with E-state index in [4.69, 9.17) is 0 Å². The molecule has 2 amide bonds. The molecule has 0 fully saturated rings. The average Bonchev–Trinajstić information content (AvgIpc) is 2.39. The number of carbonyl (C=O) groups excluding carboxylic acids is 2. The Labute approximate surface area is 122 Å². The van der Waals surface area contributed by atoms with E-state index in [9.17, 15) is 9.59 Å². The Morgan fingerprint density at radius 3 is 2.42 bits per heavy atom. The molecule has 1 aromatic rings. The average molecular weight is 327 g/mol. The summed E-state index contributed by atoms with van der Waals surface area (Å²) in [5.41, 5.74) is 0.592. The lowest BCUT2D eigenvalue weighted by molar-refractivity contribution is -0.120. The van der Waals surface area contributed by atoms with Crippen LogP contribution in [0.3, 0.4) is 0 Å². The number of nitrogens with one attached hydrogen (secondary N) is 2. The highest BCUT2D eigenvalue weighted by molar-refractivity contribution is 9.10. The third-order valence-electron chi connectivity index (χ3n) is 2.60. The van der Waals surface area contributed by atoms with Crippen LogP contribution in [0.2, 0.25) is 0 Å². The molecular formula is C14H19BrN2O2. The topological polar surface area (TPSA) is 58.2 Å². The minimum Gasteiger partial charge on any atom is -0.356 e. The minimum absolute atomic E-state index is 0.0236. The van der Waals surface area contributed by atoms with Crippen LogP contribution >= 0.6 is 15.9 Å². The summed E-state index contributed by atoms with van der Waals surface area (Å²) in [6.07, 6.45) is 2.35. The highest BCUT2D eigenvalue weighted by atomic mass is 79.9. The molecule has 0 saturated carbocycles. The number of hydrogen-bond acceptors (Lipinski definition) is 2. The first-order valence-corrected chi connectivity index (χ1v) is 7.23. The molecule has 0 heterocycles. The third-order valence-corrected chi connectivity index (χ3v) is 3.13. The van der Waals surface area contributed by atoms with Crippen LogP contribution in [0.15, 0.2) is 28.7 Å². The smallest absolute Gasteiger partial charge is 0.251 e. The van der Waals surface area contributed by atoms with Crippen LogP contribution < -0.4 is 10.6 Å². The second kappa shape index (κ2) is 8.69. The fourth-order valence-corrected chi connectivity index (χ4v) is 1.75. The van der Waals surface area contributed by atoms with Gasteiger partial charge in [0.2, 0.25) is 5.91 Å². The van der Waals surface area contributed by atoms with E-state index in [1.807, 2.05) is 12.1 Å². The lowest BCUT2D eigenvalue weighted by atomic mass is 10.2. The Morgan fingerprint density at radius 1 is 1.11 bits per heavy atom. The maximum Gasteiger partial charge on any atom is 0.251 e. The molecule has 0 bridgehead atoms. The van der Waals surface area contributed by atoms with E-state index in [2.05, 4.69) is 33.5 Å². The summed E-state index contributed by atoms with van der Waals surface area (Å²) in [5, 5.41) is 5.53. The van der Waals surface area contributed by atoms with E-state index >= 15 is 0 Å². The second-order valence-electron chi connectivity index (χ2n) is 4.22. The molecule has 2 N–H and O–H groups in total.